The minimum absolute atomic E-state index is 0.638. The topological polar surface area (TPSA) is 6.48 Å². The summed E-state index contributed by atoms with van der Waals surface area (Å²) >= 11 is 11.9. The molecule has 2 aromatic carbocycles. The maximum Gasteiger partial charge on any atom is 0.0399 e. The van der Waals surface area contributed by atoms with Crippen molar-refractivity contribution in [2.75, 3.05) is 47.7 Å². The molecule has 4 heteroatoms. The van der Waals surface area contributed by atoms with Gasteiger partial charge < -0.3 is 9.80 Å². The van der Waals surface area contributed by atoms with E-state index < -0.39 is 0 Å². The molecule has 2 aromatic rings. The van der Waals surface area contributed by atoms with Crippen LogP contribution in [0, 0.1) is 0 Å². The van der Waals surface area contributed by atoms with Crippen LogP contribution < -0.4 is 9.80 Å². The molecule has 0 aliphatic carbocycles. The Morgan fingerprint density at radius 2 is 0.957 bits per heavy atom. The van der Waals surface area contributed by atoms with Gasteiger partial charge in [-0.3, -0.25) is 0 Å². The first-order valence-corrected chi connectivity index (χ1v) is 9.14. The molecule has 0 aliphatic rings. The summed E-state index contributed by atoms with van der Waals surface area (Å²) in [5.41, 5.74) is 2.47. The summed E-state index contributed by atoms with van der Waals surface area (Å²) in [6.07, 6.45) is 1.07. The third-order valence-corrected chi connectivity index (χ3v) is 4.15. The zero-order valence-electron chi connectivity index (χ0n) is 13.4. The Kier molecular flexibility index (Phi) is 8.13. The number of para-hydroxylation sites is 2. The van der Waals surface area contributed by atoms with Crippen LogP contribution in [0.2, 0.25) is 0 Å². The summed E-state index contributed by atoms with van der Waals surface area (Å²) in [5, 5.41) is 0. The maximum atomic E-state index is 5.96. The molecular weight excluding hydrogens is 327 g/mol. The number of rotatable bonds is 10. The second kappa shape index (κ2) is 10.4. The molecule has 0 N–H and O–H groups in total. The van der Waals surface area contributed by atoms with Crippen LogP contribution in [0.1, 0.15) is 6.42 Å². The fraction of sp³-hybridized carbons (Fsp3) is 0.368. The Bertz CT molecular complexity index is 484. The third-order valence-electron chi connectivity index (χ3n) is 3.81. The van der Waals surface area contributed by atoms with Crippen molar-refractivity contribution in [1.82, 2.24) is 0 Å². The summed E-state index contributed by atoms with van der Waals surface area (Å²) in [5.74, 6) is 1.28. The normalized spacial score (nSPS) is 10.5. The van der Waals surface area contributed by atoms with Gasteiger partial charge in [0.2, 0.25) is 0 Å². The van der Waals surface area contributed by atoms with Crippen molar-refractivity contribution in [1.29, 1.82) is 0 Å². The highest BCUT2D eigenvalue weighted by atomic mass is 35.5. The molecule has 0 radical (unpaired) electrons. The number of anilines is 2. The van der Waals surface area contributed by atoms with Gasteiger partial charge in [0.15, 0.2) is 0 Å². The summed E-state index contributed by atoms with van der Waals surface area (Å²) in [4.78, 5) is 4.69. The smallest absolute Gasteiger partial charge is 0.0399 e. The Balaban J connectivity index is 1.92. The van der Waals surface area contributed by atoms with Crippen molar-refractivity contribution in [2.24, 2.45) is 0 Å². The van der Waals surface area contributed by atoms with Gasteiger partial charge in [-0.25, -0.2) is 0 Å². The van der Waals surface area contributed by atoms with E-state index in [4.69, 9.17) is 23.2 Å². The van der Waals surface area contributed by atoms with E-state index in [2.05, 4.69) is 58.3 Å². The van der Waals surface area contributed by atoms with Gasteiger partial charge in [-0.05, 0) is 30.7 Å². The Morgan fingerprint density at radius 3 is 1.30 bits per heavy atom. The highest BCUT2D eigenvalue weighted by Gasteiger charge is 2.08. The fourth-order valence-corrected chi connectivity index (χ4v) is 3.08. The Hall–Kier alpha value is -1.38. The first-order valence-electron chi connectivity index (χ1n) is 8.07. The molecule has 124 valence electrons. The molecule has 0 saturated heterocycles. The average Bonchev–Trinajstić information content (AvgIpc) is 2.61. The van der Waals surface area contributed by atoms with Crippen molar-refractivity contribution < 1.29 is 0 Å². The van der Waals surface area contributed by atoms with Gasteiger partial charge in [0.1, 0.15) is 0 Å². The molecule has 0 spiro atoms. The molecule has 2 rings (SSSR count). The molecule has 0 atom stereocenters. The third kappa shape index (κ3) is 5.96. The molecule has 0 aliphatic heterocycles. The van der Waals surface area contributed by atoms with Crippen molar-refractivity contribution >= 4 is 34.6 Å². The molecule has 0 heterocycles. The van der Waals surface area contributed by atoms with Crippen molar-refractivity contribution in [3.8, 4) is 0 Å². The lowest BCUT2D eigenvalue weighted by atomic mass is 10.2. The number of halogens is 2. The molecule has 0 fully saturated rings. The van der Waals surface area contributed by atoms with Crippen LogP contribution in [0.3, 0.4) is 0 Å². The zero-order valence-corrected chi connectivity index (χ0v) is 14.9. The summed E-state index contributed by atoms with van der Waals surface area (Å²) in [6, 6.07) is 20.9. The van der Waals surface area contributed by atoms with E-state index in [0.717, 1.165) is 32.6 Å². The summed E-state index contributed by atoms with van der Waals surface area (Å²) < 4.78 is 0. The van der Waals surface area contributed by atoms with Crippen LogP contribution >= 0.6 is 23.2 Å². The lowest BCUT2D eigenvalue weighted by Crippen LogP contribution is -2.32. The standard InChI is InChI=1S/C19H24Cl2N2/c20-12-16-22(18-8-3-1-4-9-18)14-7-15-23(17-13-21)19-10-5-2-6-11-19/h1-6,8-11H,7,12-17H2. The van der Waals surface area contributed by atoms with Gasteiger partial charge in [0.25, 0.3) is 0 Å². The van der Waals surface area contributed by atoms with Crippen LogP contribution in [0.25, 0.3) is 0 Å². The zero-order chi connectivity index (χ0) is 16.3. The van der Waals surface area contributed by atoms with Gasteiger partial charge in [-0.2, -0.15) is 0 Å². The monoisotopic (exact) mass is 350 g/mol. The first-order chi connectivity index (χ1) is 11.3. The second-order valence-corrected chi connectivity index (χ2v) is 6.13. The second-order valence-electron chi connectivity index (χ2n) is 5.38. The van der Waals surface area contributed by atoms with Crippen molar-refractivity contribution in [2.45, 2.75) is 6.42 Å². The summed E-state index contributed by atoms with van der Waals surface area (Å²) in [7, 11) is 0. The van der Waals surface area contributed by atoms with E-state index in [0.29, 0.717) is 11.8 Å². The van der Waals surface area contributed by atoms with E-state index in [9.17, 15) is 0 Å². The molecule has 2 nitrogen and oxygen atoms in total. The number of benzene rings is 2. The highest BCUT2D eigenvalue weighted by Crippen LogP contribution is 2.16. The van der Waals surface area contributed by atoms with E-state index in [1.807, 2.05) is 12.1 Å². The minimum atomic E-state index is 0.638. The quantitative estimate of drug-likeness (QED) is 0.564. The molecule has 0 aromatic heterocycles. The number of hydrogen-bond donors (Lipinski definition) is 0. The van der Waals surface area contributed by atoms with Gasteiger partial charge >= 0.3 is 0 Å². The van der Waals surface area contributed by atoms with Crippen LogP contribution in [0.4, 0.5) is 11.4 Å². The molecular formula is C19H24Cl2N2. The minimum Gasteiger partial charge on any atom is -0.370 e. The van der Waals surface area contributed by atoms with Crippen LogP contribution in [0.15, 0.2) is 60.7 Å². The largest absolute Gasteiger partial charge is 0.370 e. The fourth-order valence-electron chi connectivity index (χ4n) is 2.67. The van der Waals surface area contributed by atoms with Crippen LogP contribution in [-0.4, -0.2) is 37.9 Å². The van der Waals surface area contributed by atoms with Gasteiger partial charge in [0.05, 0.1) is 0 Å². The summed E-state index contributed by atoms with van der Waals surface area (Å²) in [6.45, 7) is 3.71. The van der Waals surface area contributed by atoms with E-state index in [1.54, 1.807) is 0 Å². The number of alkyl halides is 2. The van der Waals surface area contributed by atoms with E-state index in [1.165, 1.54) is 11.4 Å². The maximum absolute atomic E-state index is 5.96. The SMILES string of the molecule is ClCCN(CCCN(CCCl)c1ccccc1)c1ccccc1. The molecule has 0 unspecified atom stereocenters. The average molecular weight is 351 g/mol. The molecule has 0 bridgehead atoms. The van der Waals surface area contributed by atoms with E-state index in [-0.39, 0.29) is 0 Å². The molecule has 0 saturated carbocycles. The lowest BCUT2D eigenvalue weighted by molar-refractivity contribution is 0.713. The van der Waals surface area contributed by atoms with Gasteiger partial charge in [-0.15, -0.1) is 23.2 Å². The predicted octanol–water partition coefficient (Wildman–Crippen LogP) is 4.87. The van der Waals surface area contributed by atoms with Gasteiger partial charge in [0, 0.05) is 49.3 Å². The first kappa shape index (κ1) is 18.0. The van der Waals surface area contributed by atoms with Crippen LogP contribution in [0.5, 0.6) is 0 Å². The lowest BCUT2D eigenvalue weighted by Gasteiger charge is -2.28. The van der Waals surface area contributed by atoms with Gasteiger partial charge in [-0.1, -0.05) is 36.4 Å². The molecule has 23 heavy (non-hydrogen) atoms. The molecule has 0 amide bonds. The predicted molar refractivity (Wildman–Crippen MR) is 103 cm³/mol. The van der Waals surface area contributed by atoms with E-state index >= 15 is 0 Å². The number of nitrogens with zero attached hydrogens (tertiary/aromatic N) is 2. The van der Waals surface area contributed by atoms with Crippen LogP contribution in [-0.2, 0) is 0 Å². The highest BCUT2D eigenvalue weighted by molar-refractivity contribution is 6.18. The number of hydrogen-bond acceptors (Lipinski definition) is 2. The van der Waals surface area contributed by atoms with Crippen molar-refractivity contribution in [3.63, 3.8) is 0 Å². The Morgan fingerprint density at radius 1 is 0.565 bits per heavy atom. The van der Waals surface area contributed by atoms with Crippen molar-refractivity contribution in [3.05, 3.63) is 60.7 Å². The Labute approximate surface area is 149 Å².